The van der Waals surface area contributed by atoms with Crippen molar-refractivity contribution in [3.63, 3.8) is 0 Å². The van der Waals surface area contributed by atoms with E-state index in [0.717, 1.165) is 16.9 Å². The van der Waals surface area contributed by atoms with Gasteiger partial charge in [-0.15, -0.1) is 0 Å². The molecule has 6 nitrogen and oxygen atoms in total. The summed E-state index contributed by atoms with van der Waals surface area (Å²) in [5, 5.41) is 20.0. The van der Waals surface area contributed by atoms with Crippen LogP contribution in [0.5, 0.6) is 17.2 Å². The second-order valence-electron chi connectivity index (χ2n) is 8.49. The molecule has 0 unspecified atom stereocenters. The average molecular weight is 382 g/mol. The molecule has 0 bridgehead atoms. The van der Waals surface area contributed by atoms with Gasteiger partial charge in [-0.05, 0) is 56.5 Å². The van der Waals surface area contributed by atoms with Crippen LogP contribution in [0.2, 0.25) is 0 Å². The number of benzene rings is 2. The molecular weight excluding hydrogens is 360 g/mol. The summed E-state index contributed by atoms with van der Waals surface area (Å²) in [6.07, 6.45) is 0.851. The highest BCUT2D eigenvalue weighted by Gasteiger charge is 2.51. The van der Waals surface area contributed by atoms with Crippen LogP contribution in [0.3, 0.4) is 0 Å². The number of ether oxygens (including phenoxy) is 3. The van der Waals surface area contributed by atoms with Gasteiger partial charge < -0.3 is 24.4 Å². The maximum Gasteiger partial charge on any atom is 0.197 e. The highest BCUT2D eigenvalue weighted by Crippen LogP contribution is 2.45. The quantitative estimate of drug-likeness (QED) is 0.673. The molecule has 3 aliphatic rings. The Balaban J connectivity index is 1.53. The molecule has 6 heteroatoms. The van der Waals surface area contributed by atoms with Crippen molar-refractivity contribution in [2.24, 2.45) is 0 Å². The zero-order chi connectivity index (χ0) is 19.8. The molecule has 2 aromatic carbocycles. The number of rotatable bonds is 1. The number of carbonyl (C=O) groups excluding carboxylic acids is 1. The van der Waals surface area contributed by atoms with Crippen molar-refractivity contribution in [3.8, 4) is 17.2 Å². The number of fused-ring (bicyclic) bond motifs is 4. The summed E-state index contributed by atoms with van der Waals surface area (Å²) in [6, 6.07) is 6.32. The van der Waals surface area contributed by atoms with Crippen molar-refractivity contribution in [1.29, 1.82) is 0 Å². The monoisotopic (exact) mass is 382 g/mol. The Bertz CT molecular complexity index is 1020. The van der Waals surface area contributed by atoms with Crippen LogP contribution < -0.4 is 4.74 Å². The van der Waals surface area contributed by atoms with E-state index in [1.807, 2.05) is 26.8 Å². The molecule has 1 aliphatic carbocycles. The lowest BCUT2D eigenvalue weighted by molar-refractivity contribution is -0.173. The smallest absolute Gasteiger partial charge is 0.197 e. The first-order valence-corrected chi connectivity index (χ1v) is 9.42. The summed E-state index contributed by atoms with van der Waals surface area (Å²) < 4.78 is 18.1. The number of aromatic hydroxyl groups is 2. The van der Waals surface area contributed by atoms with E-state index < -0.39 is 11.4 Å². The Kier molecular flexibility index (Phi) is 3.44. The fourth-order valence-corrected chi connectivity index (χ4v) is 4.63. The standard InChI is InChI=1S/C22H22O6/c1-21(2)26-10-22(3,28-21)18-9-15-14-7-11-6-12(23)8-16(24)19(11)20(25)13(14)4-5-17(15)27-18/h4-6,8,18,23-24H,7,9-10H2,1-3H3/t18-,22-/m1/s1. The first-order chi connectivity index (χ1) is 13.2. The first-order valence-electron chi connectivity index (χ1n) is 9.42. The Labute approximate surface area is 162 Å². The van der Waals surface area contributed by atoms with Crippen LogP contribution >= 0.6 is 0 Å². The van der Waals surface area contributed by atoms with Crippen molar-refractivity contribution in [3.05, 3.63) is 52.1 Å². The predicted octanol–water partition coefficient (Wildman–Crippen LogP) is 3.08. The van der Waals surface area contributed by atoms with E-state index in [-0.39, 0.29) is 28.9 Å². The van der Waals surface area contributed by atoms with E-state index in [0.29, 0.717) is 30.6 Å². The molecule has 0 spiro atoms. The molecule has 1 saturated heterocycles. The van der Waals surface area contributed by atoms with Crippen LogP contribution in [0.15, 0.2) is 24.3 Å². The molecule has 2 atom stereocenters. The van der Waals surface area contributed by atoms with Gasteiger partial charge >= 0.3 is 0 Å². The molecule has 0 saturated carbocycles. The molecule has 0 aromatic heterocycles. The Morgan fingerprint density at radius 2 is 1.89 bits per heavy atom. The molecule has 28 heavy (non-hydrogen) atoms. The summed E-state index contributed by atoms with van der Waals surface area (Å²) in [4.78, 5) is 13.0. The van der Waals surface area contributed by atoms with E-state index in [4.69, 9.17) is 14.2 Å². The van der Waals surface area contributed by atoms with Crippen molar-refractivity contribution in [2.45, 2.75) is 51.1 Å². The topological polar surface area (TPSA) is 85.2 Å². The minimum absolute atomic E-state index is 0.0551. The van der Waals surface area contributed by atoms with Crippen molar-refractivity contribution in [1.82, 2.24) is 0 Å². The highest BCUT2D eigenvalue weighted by molar-refractivity contribution is 6.14. The van der Waals surface area contributed by atoms with Gasteiger partial charge in [-0.2, -0.15) is 0 Å². The lowest BCUT2D eigenvalue weighted by Crippen LogP contribution is -2.45. The van der Waals surface area contributed by atoms with Gasteiger partial charge in [0.2, 0.25) is 0 Å². The van der Waals surface area contributed by atoms with Gasteiger partial charge in [0.1, 0.15) is 29.0 Å². The summed E-state index contributed by atoms with van der Waals surface area (Å²) >= 11 is 0. The maximum absolute atomic E-state index is 13.0. The van der Waals surface area contributed by atoms with Gasteiger partial charge in [0.15, 0.2) is 11.6 Å². The van der Waals surface area contributed by atoms with E-state index in [2.05, 4.69) is 0 Å². The largest absolute Gasteiger partial charge is 0.508 e. The average Bonchev–Trinajstić information content (AvgIpc) is 3.16. The first kappa shape index (κ1) is 17.5. The van der Waals surface area contributed by atoms with Gasteiger partial charge in [-0.1, -0.05) is 0 Å². The number of phenolic OH excluding ortho intramolecular Hbond substituents is 2. The second-order valence-corrected chi connectivity index (χ2v) is 8.49. The lowest BCUT2D eigenvalue weighted by Gasteiger charge is -2.30. The molecule has 2 heterocycles. The molecule has 1 fully saturated rings. The van der Waals surface area contributed by atoms with Gasteiger partial charge in [0.05, 0.1) is 12.2 Å². The second kappa shape index (κ2) is 5.49. The Morgan fingerprint density at radius 3 is 2.61 bits per heavy atom. The summed E-state index contributed by atoms with van der Waals surface area (Å²) in [5.41, 5.74) is 2.76. The zero-order valence-electron chi connectivity index (χ0n) is 16.0. The molecule has 146 valence electrons. The summed E-state index contributed by atoms with van der Waals surface area (Å²) in [6.45, 7) is 6.19. The van der Waals surface area contributed by atoms with Crippen LogP contribution in [0.4, 0.5) is 0 Å². The van der Waals surface area contributed by atoms with Gasteiger partial charge in [0.25, 0.3) is 0 Å². The third-order valence-electron chi connectivity index (χ3n) is 5.94. The van der Waals surface area contributed by atoms with E-state index in [9.17, 15) is 15.0 Å². The number of carbonyl (C=O) groups is 1. The Morgan fingerprint density at radius 1 is 1.11 bits per heavy atom. The Hall–Kier alpha value is -2.57. The maximum atomic E-state index is 13.0. The number of hydrogen-bond acceptors (Lipinski definition) is 6. The van der Waals surface area contributed by atoms with Gasteiger partial charge in [0, 0.05) is 23.6 Å². The van der Waals surface area contributed by atoms with Crippen LogP contribution in [-0.4, -0.2) is 40.1 Å². The van der Waals surface area contributed by atoms with Crippen molar-refractivity contribution >= 4 is 5.78 Å². The third-order valence-corrected chi connectivity index (χ3v) is 5.94. The van der Waals surface area contributed by atoms with Crippen LogP contribution in [0, 0.1) is 0 Å². The fraction of sp³-hybridized carbons (Fsp3) is 0.409. The third kappa shape index (κ3) is 2.45. The van der Waals surface area contributed by atoms with Crippen LogP contribution in [0.1, 0.15) is 53.4 Å². The molecule has 5 rings (SSSR count). The number of phenols is 2. The van der Waals surface area contributed by atoms with E-state index >= 15 is 0 Å². The molecule has 0 radical (unpaired) electrons. The van der Waals surface area contributed by atoms with E-state index in [1.165, 1.54) is 6.07 Å². The highest BCUT2D eigenvalue weighted by atomic mass is 16.8. The summed E-state index contributed by atoms with van der Waals surface area (Å²) in [7, 11) is 0. The minimum atomic E-state index is -0.656. The van der Waals surface area contributed by atoms with Crippen molar-refractivity contribution in [2.75, 3.05) is 6.61 Å². The van der Waals surface area contributed by atoms with Crippen molar-refractivity contribution < 1.29 is 29.2 Å². The molecule has 0 amide bonds. The minimum Gasteiger partial charge on any atom is -0.508 e. The molecule has 2 aliphatic heterocycles. The fourth-order valence-electron chi connectivity index (χ4n) is 4.63. The SMILES string of the molecule is CC1(C)OC[C@](C)([C@H]2Cc3c(ccc4c3Cc3cc(O)cc(O)c3C4=O)O2)O1. The predicted molar refractivity (Wildman–Crippen MR) is 100 cm³/mol. The molecule has 2 N–H and O–H groups in total. The van der Waals surface area contributed by atoms with Crippen LogP contribution in [0.25, 0.3) is 0 Å². The normalized spacial score (nSPS) is 27.1. The zero-order valence-corrected chi connectivity index (χ0v) is 16.0. The molecule has 2 aromatic rings. The lowest BCUT2D eigenvalue weighted by atomic mass is 9.81. The molecular formula is C22H22O6. The summed E-state index contributed by atoms with van der Waals surface area (Å²) in [5.74, 6) is -0.380. The number of hydrogen-bond donors (Lipinski definition) is 2. The van der Waals surface area contributed by atoms with Gasteiger partial charge in [-0.3, -0.25) is 4.79 Å². The number of ketones is 1. The van der Waals surface area contributed by atoms with Gasteiger partial charge in [-0.25, -0.2) is 0 Å². The van der Waals surface area contributed by atoms with E-state index in [1.54, 1.807) is 12.1 Å². The van der Waals surface area contributed by atoms with Crippen LogP contribution in [-0.2, 0) is 22.3 Å².